The van der Waals surface area contributed by atoms with Crippen LogP contribution in [0.2, 0.25) is 0 Å². The molecule has 0 unspecified atom stereocenters. The molecule has 1 atom stereocenters. The summed E-state index contributed by atoms with van der Waals surface area (Å²) in [5.74, 6) is -4.43. The molecule has 1 N–H and O–H groups in total. The van der Waals surface area contributed by atoms with Crippen LogP contribution in [0, 0.1) is 12.7 Å². The van der Waals surface area contributed by atoms with Gasteiger partial charge in [-0.25, -0.2) is 4.39 Å². The molecule has 1 aromatic heterocycles. The van der Waals surface area contributed by atoms with E-state index in [1.165, 1.54) is 19.9 Å². The molecule has 0 bridgehead atoms. The molecule has 6 nitrogen and oxygen atoms in total. The number of nitrogens with zero attached hydrogens (tertiary/aromatic N) is 1. The maximum atomic E-state index is 14.9. The predicted octanol–water partition coefficient (Wildman–Crippen LogP) is 5.05. The average Bonchev–Trinajstić information content (AvgIpc) is 3.01. The van der Waals surface area contributed by atoms with Gasteiger partial charge in [-0.3, -0.25) is 14.2 Å². The molecule has 0 aliphatic carbocycles. The van der Waals surface area contributed by atoms with Crippen molar-refractivity contribution in [3.63, 3.8) is 0 Å². The number of hydrogen-bond donors (Lipinski definition) is 1. The average molecular weight is 453 g/mol. The maximum absolute atomic E-state index is 14.9. The number of benzene rings is 2. The van der Waals surface area contributed by atoms with Crippen molar-refractivity contribution in [3.05, 3.63) is 59.0 Å². The minimum Gasteiger partial charge on any atom is -0.505 e. The lowest BCUT2D eigenvalue weighted by molar-refractivity contribution is -0.274. The van der Waals surface area contributed by atoms with Crippen LogP contribution in [0.1, 0.15) is 41.4 Å². The second kappa shape index (κ2) is 8.52. The quantitative estimate of drug-likeness (QED) is 0.432. The van der Waals surface area contributed by atoms with Crippen LogP contribution < -0.4 is 4.74 Å². The van der Waals surface area contributed by atoms with Gasteiger partial charge in [0.25, 0.3) is 5.91 Å². The normalized spacial score (nSPS) is 12.6. The SMILES string of the molecule is CCOC(=O)[C@H](C)c1c(C)n(C(=O)c2ccc(OC(F)(F)F)cc2)c2ccc(O)c(F)c12. The third kappa shape index (κ3) is 4.25. The van der Waals surface area contributed by atoms with E-state index in [0.29, 0.717) is 0 Å². The van der Waals surface area contributed by atoms with E-state index < -0.39 is 41.5 Å². The molecule has 0 aliphatic heterocycles. The Kier molecular flexibility index (Phi) is 6.16. The number of phenolic OH excluding ortho intramolecular Hbond substituents is 1. The second-order valence-corrected chi connectivity index (χ2v) is 6.98. The van der Waals surface area contributed by atoms with Crippen molar-refractivity contribution in [2.45, 2.75) is 33.1 Å². The molecule has 0 amide bonds. The van der Waals surface area contributed by atoms with E-state index >= 15 is 0 Å². The molecule has 32 heavy (non-hydrogen) atoms. The number of hydrogen-bond acceptors (Lipinski definition) is 5. The van der Waals surface area contributed by atoms with Gasteiger partial charge in [-0.05, 0) is 62.7 Å². The summed E-state index contributed by atoms with van der Waals surface area (Å²) < 4.78 is 62.0. The summed E-state index contributed by atoms with van der Waals surface area (Å²) in [5.41, 5.74) is 0.482. The van der Waals surface area contributed by atoms with Gasteiger partial charge in [-0.2, -0.15) is 0 Å². The molecule has 0 saturated heterocycles. The van der Waals surface area contributed by atoms with Gasteiger partial charge in [-0.1, -0.05) is 0 Å². The molecule has 3 rings (SSSR count). The maximum Gasteiger partial charge on any atom is 0.573 e. The molecule has 170 valence electrons. The Morgan fingerprint density at radius 2 is 1.75 bits per heavy atom. The molecular formula is C22H19F4NO5. The molecule has 0 radical (unpaired) electrons. The van der Waals surface area contributed by atoms with E-state index in [9.17, 15) is 32.3 Å². The van der Waals surface area contributed by atoms with Gasteiger partial charge >= 0.3 is 12.3 Å². The Hall–Kier alpha value is -3.56. The summed E-state index contributed by atoms with van der Waals surface area (Å²) in [6.45, 7) is 4.70. The number of esters is 1. The molecule has 0 saturated carbocycles. The van der Waals surface area contributed by atoms with Gasteiger partial charge in [0.1, 0.15) is 5.75 Å². The van der Waals surface area contributed by atoms with Gasteiger partial charge in [0.05, 0.1) is 18.0 Å². The minimum atomic E-state index is -4.88. The fourth-order valence-electron chi connectivity index (χ4n) is 3.58. The highest BCUT2D eigenvalue weighted by Gasteiger charge is 2.32. The van der Waals surface area contributed by atoms with Gasteiger partial charge in [-0.15, -0.1) is 13.2 Å². The largest absolute Gasteiger partial charge is 0.573 e. The third-order valence-electron chi connectivity index (χ3n) is 4.95. The zero-order chi connectivity index (χ0) is 23.8. The van der Waals surface area contributed by atoms with Crippen LogP contribution in [0.25, 0.3) is 10.9 Å². The standard InChI is InChI=1S/C22H19F4NO5/c1-4-31-21(30)11(2)17-12(3)27(15-9-10-16(28)19(23)18(15)17)20(29)13-5-7-14(8-6-13)32-22(24,25)26/h5-11,28H,4H2,1-3H3/t11-/m1/s1. The third-order valence-corrected chi connectivity index (χ3v) is 4.95. The lowest BCUT2D eigenvalue weighted by atomic mass is 9.97. The molecule has 0 aliphatic rings. The van der Waals surface area contributed by atoms with E-state index in [-0.39, 0.29) is 34.3 Å². The van der Waals surface area contributed by atoms with E-state index in [0.717, 1.165) is 34.9 Å². The number of halogens is 4. The highest BCUT2D eigenvalue weighted by molar-refractivity contribution is 6.05. The number of phenols is 1. The van der Waals surface area contributed by atoms with Crippen LogP contribution in [0.5, 0.6) is 11.5 Å². The topological polar surface area (TPSA) is 77.8 Å². The fraction of sp³-hybridized carbons (Fsp3) is 0.273. The Morgan fingerprint density at radius 1 is 1.12 bits per heavy atom. The number of rotatable bonds is 5. The first-order chi connectivity index (χ1) is 15.0. The van der Waals surface area contributed by atoms with E-state index in [1.54, 1.807) is 6.92 Å². The minimum absolute atomic E-state index is 0.00310. The van der Waals surface area contributed by atoms with Gasteiger partial charge in [0.2, 0.25) is 0 Å². The number of fused-ring (bicyclic) bond motifs is 1. The van der Waals surface area contributed by atoms with E-state index in [1.807, 2.05) is 0 Å². The van der Waals surface area contributed by atoms with Gasteiger partial charge in [0, 0.05) is 16.6 Å². The highest BCUT2D eigenvalue weighted by atomic mass is 19.4. The molecule has 0 fully saturated rings. The molecule has 1 heterocycles. The smallest absolute Gasteiger partial charge is 0.505 e. The molecule has 2 aromatic carbocycles. The molecular weight excluding hydrogens is 434 g/mol. The number of ether oxygens (including phenoxy) is 2. The molecule has 10 heteroatoms. The van der Waals surface area contributed by atoms with Crippen LogP contribution in [-0.2, 0) is 9.53 Å². The first kappa shape index (κ1) is 23.1. The number of carbonyl (C=O) groups is 2. The first-order valence-corrected chi connectivity index (χ1v) is 9.55. The fourth-order valence-corrected chi connectivity index (χ4v) is 3.58. The summed E-state index contributed by atoms with van der Waals surface area (Å²) in [6.07, 6.45) is -4.88. The summed E-state index contributed by atoms with van der Waals surface area (Å²) in [5, 5.41) is 9.74. The van der Waals surface area contributed by atoms with Gasteiger partial charge in [0.15, 0.2) is 11.6 Å². The number of aromatic hydroxyl groups is 1. The monoisotopic (exact) mass is 453 g/mol. The second-order valence-electron chi connectivity index (χ2n) is 6.98. The summed E-state index contributed by atoms with van der Waals surface area (Å²) in [7, 11) is 0. The molecule has 3 aromatic rings. The van der Waals surface area contributed by atoms with Crippen molar-refractivity contribution in [3.8, 4) is 11.5 Å². The van der Waals surface area contributed by atoms with Gasteiger partial charge < -0.3 is 14.6 Å². The van der Waals surface area contributed by atoms with Crippen LogP contribution in [-0.4, -0.2) is 34.5 Å². The van der Waals surface area contributed by atoms with E-state index in [4.69, 9.17) is 4.74 Å². The zero-order valence-electron chi connectivity index (χ0n) is 17.3. The summed E-state index contributed by atoms with van der Waals surface area (Å²) >= 11 is 0. The van der Waals surface area contributed by atoms with Crippen molar-refractivity contribution in [1.29, 1.82) is 0 Å². The van der Waals surface area contributed by atoms with Crippen LogP contribution in [0.4, 0.5) is 17.6 Å². The first-order valence-electron chi connectivity index (χ1n) is 9.55. The number of aromatic nitrogens is 1. The number of alkyl halides is 3. The van der Waals surface area contributed by atoms with Crippen molar-refractivity contribution in [2.75, 3.05) is 6.61 Å². The van der Waals surface area contributed by atoms with Crippen molar-refractivity contribution in [1.82, 2.24) is 4.57 Å². The lowest BCUT2D eigenvalue weighted by Crippen LogP contribution is -2.18. The van der Waals surface area contributed by atoms with Crippen molar-refractivity contribution >= 4 is 22.8 Å². The number of carbonyl (C=O) groups excluding carboxylic acids is 2. The lowest BCUT2D eigenvalue weighted by Gasteiger charge is -2.13. The summed E-state index contributed by atoms with van der Waals surface area (Å²) in [4.78, 5) is 25.5. The Bertz CT molecular complexity index is 1180. The van der Waals surface area contributed by atoms with Crippen molar-refractivity contribution < 1.29 is 41.7 Å². The van der Waals surface area contributed by atoms with Crippen molar-refractivity contribution in [2.24, 2.45) is 0 Å². The molecule has 0 spiro atoms. The van der Waals surface area contributed by atoms with E-state index in [2.05, 4.69) is 4.74 Å². The predicted molar refractivity (Wildman–Crippen MR) is 106 cm³/mol. The van der Waals surface area contributed by atoms with Crippen LogP contribution in [0.3, 0.4) is 0 Å². The highest BCUT2D eigenvalue weighted by Crippen LogP contribution is 2.37. The Morgan fingerprint density at radius 3 is 2.31 bits per heavy atom. The Labute approximate surface area is 180 Å². The Balaban J connectivity index is 2.15. The zero-order valence-corrected chi connectivity index (χ0v) is 17.3. The van der Waals surface area contributed by atoms with Crippen LogP contribution in [0.15, 0.2) is 36.4 Å². The van der Waals surface area contributed by atoms with Crippen LogP contribution >= 0.6 is 0 Å². The summed E-state index contributed by atoms with van der Waals surface area (Å²) in [6, 6.07) is 6.63.